The van der Waals surface area contributed by atoms with Gasteiger partial charge in [-0.15, -0.1) is 0 Å². The van der Waals surface area contributed by atoms with Crippen LogP contribution in [0, 0.1) is 17.3 Å². The molecule has 0 aromatic carbocycles. The highest BCUT2D eigenvalue weighted by Gasteiger charge is 2.81. The van der Waals surface area contributed by atoms with Crippen LogP contribution in [0.15, 0.2) is 12.2 Å². The molecule has 4 atom stereocenters. The minimum Gasteiger partial charge on any atom is -0.468 e. The van der Waals surface area contributed by atoms with Crippen LogP contribution in [0.5, 0.6) is 0 Å². The van der Waals surface area contributed by atoms with Gasteiger partial charge in [0.1, 0.15) is 0 Å². The maximum atomic E-state index is 12.7. The van der Waals surface area contributed by atoms with Crippen LogP contribution in [0.25, 0.3) is 0 Å². The first-order chi connectivity index (χ1) is 9.97. The van der Waals surface area contributed by atoms with Crippen LogP contribution in [0.3, 0.4) is 0 Å². The fourth-order valence-corrected chi connectivity index (χ4v) is 9.63. The van der Waals surface area contributed by atoms with Crippen LogP contribution in [0.2, 0.25) is 0 Å². The monoisotopic (exact) mass is 332 g/mol. The molecule has 2 aliphatic carbocycles. The van der Waals surface area contributed by atoms with Gasteiger partial charge in [0, 0.05) is 44.9 Å². The predicted molar refractivity (Wildman–Crippen MR) is 76.0 cm³/mol. The molecule has 0 radical (unpaired) electrons. The first-order valence-electron chi connectivity index (χ1n) is 6.60. The quantitative estimate of drug-likeness (QED) is 0.393. The largest absolute Gasteiger partial charge is 0.468 e. The van der Waals surface area contributed by atoms with E-state index < -0.39 is 48.9 Å². The van der Waals surface area contributed by atoms with Gasteiger partial charge < -0.3 is 9.47 Å². The highest BCUT2D eigenvalue weighted by Crippen LogP contribution is 2.65. The summed E-state index contributed by atoms with van der Waals surface area (Å²) in [6.45, 7) is 0. The Morgan fingerprint density at radius 2 is 1.48 bits per heavy atom. The van der Waals surface area contributed by atoms with Gasteiger partial charge >= 0.3 is 11.9 Å². The summed E-state index contributed by atoms with van der Waals surface area (Å²) in [7, 11) is -0.751. The highest BCUT2D eigenvalue weighted by atomic mass is 32.3. The second kappa shape index (κ2) is 4.74. The summed E-state index contributed by atoms with van der Waals surface area (Å²) in [5.74, 6) is -1.96. The molecule has 0 N–H and O–H groups in total. The zero-order valence-electron chi connectivity index (χ0n) is 11.7. The fraction of sp³-hybridized carbons (Fsp3) is 0.692. The number of carbonyl (C=O) groups excluding carboxylic acids is 2. The summed E-state index contributed by atoms with van der Waals surface area (Å²) in [5.41, 5.74) is -1.76. The number of allylic oxidation sites excluding steroid dienone is 2. The zero-order valence-corrected chi connectivity index (χ0v) is 13.3. The summed E-state index contributed by atoms with van der Waals surface area (Å²) in [6.07, 6.45) is 4.06. The molecule has 1 saturated carbocycles. The average Bonchev–Trinajstić information content (AvgIpc) is 3.15. The Kier molecular flexibility index (Phi) is 3.36. The smallest absolute Gasteiger partial charge is 0.326 e. The minimum atomic E-state index is -1.76. The molecular weight excluding hydrogens is 316 g/mol. The van der Waals surface area contributed by atoms with E-state index in [1.54, 1.807) is 6.08 Å². The summed E-state index contributed by atoms with van der Waals surface area (Å²) in [6, 6.07) is 0. The van der Waals surface area contributed by atoms with Crippen molar-refractivity contribution in [3.63, 3.8) is 0 Å². The molecule has 2 fully saturated rings. The van der Waals surface area contributed by atoms with E-state index in [1.165, 1.54) is 14.2 Å². The van der Waals surface area contributed by atoms with E-state index in [9.17, 15) is 18.0 Å². The predicted octanol–water partition coefficient (Wildman–Crippen LogP) is -0.268. The number of rotatable bonds is 2. The highest BCUT2D eigenvalue weighted by molar-refractivity contribution is 8.07. The molecule has 3 rings (SSSR count). The summed E-state index contributed by atoms with van der Waals surface area (Å²) >= 11 is 0. The lowest BCUT2D eigenvalue weighted by Crippen LogP contribution is -2.63. The Morgan fingerprint density at radius 3 is 1.95 bits per heavy atom. The Labute approximate surface area is 127 Å². The summed E-state index contributed by atoms with van der Waals surface area (Å²) in [4.78, 5) is 25.1. The van der Waals surface area contributed by atoms with Gasteiger partial charge in [-0.3, -0.25) is 18.0 Å². The molecule has 1 heterocycles. The van der Waals surface area contributed by atoms with Gasteiger partial charge in [-0.05, 0) is 6.42 Å². The van der Waals surface area contributed by atoms with Crippen LogP contribution in [0.1, 0.15) is 6.42 Å². The number of hydrogen-bond acceptors (Lipinski definition) is 6. The second-order valence-electron chi connectivity index (χ2n) is 5.39. The van der Waals surface area contributed by atoms with E-state index in [2.05, 4.69) is 0 Å². The number of hydrogen-bond donors (Lipinski definition) is 0. The lowest BCUT2D eigenvalue weighted by molar-refractivity contribution is -0.171. The molecule has 0 aromatic rings. The molecule has 1 spiro atoms. The third kappa shape index (κ3) is 1.42. The summed E-state index contributed by atoms with van der Waals surface area (Å²) in [5, 5.41) is 0. The fourth-order valence-electron chi connectivity index (χ4n) is 4.10. The van der Waals surface area contributed by atoms with E-state index in [-0.39, 0.29) is 17.4 Å². The molecule has 116 valence electrons. The van der Waals surface area contributed by atoms with Crippen molar-refractivity contribution in [1.29, 1.82) is 0 Å². The van der Waals surface area contributed by atoms with Crippen LogP contribution in [-0.2, 0) is 40.7 Å². The number of esters is 2. The topological polar surface area (TPSA) is 86.7 Å². The van der Waals surface area contributed by atoms with Gasteiger partial charge in [0.25, 0.3) is 0 Å². The van der Waals surface area contributed by atoms with Gasteiger partial charge in [-0.2, -0.15) is 0 Å². The van der Waals surface area contributed by atoms with E-state index in [0.29, 0.717) is 6.42 Å². The molecule has 2 bridgehead atoms. The molecule has 0 amide bonds. The summed E-state index contributed by atoms with van der Waals surface area (Å²) < 4.78 is 33.7. The van der Waals surface area contributed by atoms with Crippen molar-refractivity contribution in [2.45, 2.75) is 10.5 Å². The van der Waals surface area contributed by atoms with Gasteiger partial charge in [0.2, 0.25) is 0 Å². The van der Waals surface area contributed by atoms with Crippen molar-refractivity contribution in [2.24, 2.45) is 17.3 Å². The maximum Gasteiger partial charge on any atom is 0.326 e. The molecule has 1 aliphatic heterocycles. The third-order valence-electron chi connectivity index (χ3n) is 4.82. The first-order valence-corrected chi connectivity index (χ1v) is 9.23. The molecule has 21 heavy (non-hydrogen) atoms. The van der Waals surface area contributed by atoms with Crippen molar-refractivity contribution in [3.8, 4) is 0 Å². The molecular formula is C13H16O6S2. The lowest BCUT2D eigenvalue weighted by Gasteiger charge is -2.42. The van der Waals surface area contributed by atoms with E-state index in [1.807, 2.05) is 6.08 Å². The van der Waals surface area contributed by atoms with Crippen molar-refractivity contribution >= 4 is 33.5 Å². The lowest BCUT2D eigenvalue weighted by atomic mass is 9.74. The van der Waals surface area contributed by atoms with Crippen LogP contribution >= 0.6 is 0 Å². The van der Waals surface area contributed by atoms with Crippen molar-refractivity contribution in [3.05, 3.63) is 12.2 Å². The van der Waals surface area contributed by atoms with E-state index in [0.717, 1.165) is 0 Å². The Hall–Kier alpha value is -1.02. The van der Waals surface area contributed by atoms with Crippen molar-refractivity contribution < 1.29 is 27.5 Å². The standard InChI is InChI=1S/C13H16O6S2/c1-18-10(14)12(11(15)19-2)8-3-4-9(7-8)13(12)20(16)5-6-21(13)17/h3-4,8-9H,5-7H2,1-2H3. The minimum absolute atomic E-state index is 0.222. The molecule has 1 saturated heterocycles. The van der Waals surface area contributed by atoms with Gasteiger partial charge in [-0.25, -0.2) is 0 Å². The molecule has 8 heteroatoms. The van der Waals surface area contributed by atoms with Crippen molar-refractivity contribution in [1.82, 2.24) is 0 Å². The molecule has 4 unspecified atom stereocenters. The van der Waals surface area contributed by atoms with Gasteiger partial charge in [0.15, 0.2) is 9.49 Å². The van der Waals surface area contributed by atoms with Crippen LogP contribution in [-0.4, -0.2) is 50.2 Å². The number of fused-ring (bicyclic) bond motifs is 3. The third-order valence-corrected chi connectivity index (χ3v) is 9.95. The first kappa shape index (κ1) is 14.9. The van der Waals surface area contributed by atoms with E-state index >= 15 is 0 Å². The van der Waals surface area contributed by atoms with Crippen LogP contribution < -0.4 is 0 Å². The normalized spacial score (nSPS) is 42.4. The van der Waals surface area contributed by atoms with Gasteiger partial charge in [0.05, 0.1) is 14.2 Å². The number of ether oxygens (including phenoxy) is 2. The van der Waals surface area contributed by atoms with E-state index in [4.69, 9.17) is 9.47 Å². The Morgan fingerprint density at radius 1 is 1.00 bits per heavy atom. The maximum absolute atomic E-state index is 12.7. The average molecular weight is 332 g/mol. The second-order valence-corrected chi connectivity index (χ2v) is 9.14. The zero-order chi connectivity index (χ0) is 15.4. The Bertz CT molecular complexity index is 563. The Balaban J connectivity index is 2.33. The van der Waals surface area contributed by atoms with Crippen LogP contribution in [0.4, 0.5) is 0 Å². The molecule has 6 nitrogen and oxygen atoms in total. The number of carbonyl (C=O) groups is 2. The molecule has 3 aliphatic rings. The van der Waals surface area contributed by atoms with Crippen molar-refractivity contribution in [2.75, 3.05) is 25.7 Å². The van der Waals surface area contributed by atoms with Gasteiger partial charge in [-0.1, -0.05) is 12.2 Å². The SMILES string of the molecule is COC(=O)C1(C(=O)OC)C2C=CC(C2)C12S(=O)CCS2=O. The molecule has 0 aromatic heterocycles. The number of methoxy groups -OCH3 is 2.